The van der Waals surface area contributed by atoms with Gasteiger partial charge in [-0.2, -0.15) is 0 Å². The van der Waals surface area contributed by atoms with Gasteiger partial charge in [0.1, 0.15) is 5.75 Å². The number of anilines is 1. The molecule has 0 aromatic heterocycles. The van der Waals surface area contributed by atoms with Gasteiger partial charge >= 0.3 is 0 Å². The Bertz CT molecular complexity index is 743. The summed E-state index contributed by atoms with van der Waals surface area (Å²) >= 11 is 0. The Morgan fingerprint density at radius 3 is 2.40 bits per heavy atom. The lowest BCUT2D eigenvalue weighted by Crippen LogP contribution is -2.30. The standard InChI is InChI=1S/C19H22N2O4/c1-4-13(2)17-7-5-6-8-18(17)20-19(22)14(3)25-16-11-9-15(10-12-16)21(23)24/h5-14H,4H2,1-3H3,(H,20,22)/t13-,14+/m1/s1. The fraction of sp³-hybridized carbons (Fsp3) is 0.316. The van der Waals surface area contributed by atoms with Gasteiger partial charge < -0.3 is 10.1 Å². The lowest BCUT2D eigenvalue weighted by atomic mass is 9.97. The molecule has 1 N–H and O–H groups in total. The Kier molecular flexibility index (Phi) is 6.11. The number of nitro groups is 1. The molecule has 1 amide bonds. The Morgan fingerprint density at radius 2 is 1.80 bits per heavy atom. The van der Waals surface area contributed by atoms with Crippen LogP contribution in [0.15, 0.2) is 48.5 Å². The average Bonchev–Trinajstić information content (AvgIpc) is 2.61. The van der Waals surface area contributed by atoms with Crippen LogP contribution in [0.5, 0.6) is 5.75 Å². The second-order valence-corrected chi connectivity index (χ2v) is 5.90. The van der Waals surface area contributed by atoms with E-state index < -0.39 is 11.0 Å². The van der Waals surface area contributed by atoms with Crippen molar-refractivity contribution in [2.75, 3.05) is 5.32 Å². The molecular weight excluding hydrogens is 320 g/mol. The molecular formula is C19H22N2O4. The summed E-state index contributed by atoms with van der Waals surface area (Å²) in [7, 11) is 0. The monoisotopic (exact) mass is 342 g/mol. The summed E-state index contributed by atoms with van der Waals surface area (Å²) in [6, 6.07) is 13.4. The molecule has 2 atom stereocenters. The number of nitrogens with one attached hydrogen (secondary N) is 1. The van der Waals surface area contributed by atoms with Crippen molar-refractivity contribution in [3.8, 4) is 5.75 Å². The average molecular weight is 342 g/mol. The van der Waals surface area contributed by atoms with Crippen molar-refractivity contribution in [1.82, 2.24) is 0 Å². The van der Waals surface area contributed by atoms with Gasteiger partial charge in [0.05, 0.1) is 4.92 Å². The number of ether oxygens (including phenoxy) is 1. The molecule has 0 fully saturated rings. The van der Waals surface area contributed by atoms with E-state index in [1.54, 1.807) is 6.92 Å². The normalized spacial score (nSPS) is 12.9. The highest BCUT2D eigenvalue weighted by Crippen LogP contribution is 2.27. The van der Waals surface area contributed by atoms with Crippen LogP contribution in [0.2, 0.25) is 0 Å². The van der Waals surface area contributed by atoms with E-state index in [9.17, 15) is 14.9 Å². The fourth-order valence-corrected chi connectivity index (χ4v) is 2.40. The van der Waals surface area contributed by atoms with E-state index in [0.29, 0.717) is 11.7 Å². The van der Waals surface area contributed by atoms with Gasteiger partial charge in [0.2, 0.25) is 0 Å². The van der Waals surface area contributed by atoms with Crippen LogP contribution in [-0.4, -0.2) is 16.9 Å². The van der Waals surface area contributed by atoms with Gasteiger partial charge in [-0.15, -0.1) is 0 Å². The lowest BCUT2D eigenvalue weighted by Gasteiger charge is -2.18. The number of carbonyl (C=O) groups is 1. The van der Waals surface area contributed by atoms with Crippen molar-refractivity contribution in [2.24, 2.45) is 0 Å². The molecule has 0 saturated carbocycles. The summed E-state index contributed by atoms with van der Waals surface area (Å²) in [6.07, 6.45) is 0.244. The Morgan fingerprint density at radius 1 is 1.16 bits per heavy atom. The number of non-ortho nitro benzene ring substituents is 1. The van der Waals surface area contributed by atoms with Crippen LogP contribution < -0.4 is 10.1 Å². The highest BCUT2D eigenvalue weighted by Gasteiger charge is 2.18. The number of nitro benzene ring substituents is 1. The molecule has 0 unspecified atom stereocenters. The van der Waals surface area contributed by atoms with Crippen LogP contribution in [0.4, 0.5) is 11.4 Å². The van der Waals surface area contributed by atoms with Gasteiger partial charge in [-0.05, 0) is 43.0 Å². The van der Waals surface area contributed by atoms with Gasteiger partial charge in [-0.3, -0.25) is 14.9 Å². The van der Waals surface area contributed by atoms with E-state index in [2.05, 4.69) is 19.2 Å². The topological polar surface area (TPSA) is 81.5 Å². The maximum atomic E-state index is 12.4. The van der Waals surface area contributed by atoms with Gasteiger partial charge in [-0.1, -0.05) is 32.0 Å². The summed E-state index contributed by atoms with van der Waals surface area (Å²) in [5.74, 6) is 0.472. The van der Waals surface area contributed by atoms with Crippen molar-refractivity contribution < 1.29 is 14.5 Å². The summed E-state index contributed by atoms with van der Waals surface area (Å²) in [5.41, 5.74) is 1.84. The van der Waals surface area contributed by atoms with Crippen molar-refractivity contribution in [3.05, 3.63) is 64.2 Å². The van der Waals surface area contributed by atoms with E-state index in [4.69, 9.17) is 4.74 Å². The maximum absolute atomic E-state index is 12.4. The molecule has 0 radical (unpaired) electrons. The van der Waals surface area contributed by atoms with Crippen LogP contribution in [0.1, 0.15) is 38.7 Å². The fourth-order valence-electron chi connectivity index (χ4n) is 2.40. The van der Waals surface area contributed by atoms with Crippen LogP contribution in [0.3, 0.4) is 0 Å². The number of rotatable bonds is 7. The highest BCUT2D eigenvalue weighted by molar-refractivity contribution is 5.94. The van der Waals surface area contributed by atoms with Gasteiger partial charge in [0.15, 0.2) is 6.10 Å². The number of amides is 1. The zero-order chi connectivity index (χ0) is 18.4. The molecule has 2 aromatic carbocycles. The van der Waals surface area contributed by atoms with Crippen molar-refractivity contribution in [2.45, 2.75) is 39.2 Å². The number of para-hydroxylation sites is 1. The largest absolute Gasteiger partial charge is 0.481 e. The second-order valence-electron chi connectivity index (χ2n) is 5.90. The highest BCUT2D eigenvalue weighted by atomic mass is 16.6. The van der Waals surface area contributed by atoms with E-state index in [1.807, 2.05) is 24.3 Å². The maximum Gasteiger partial charge on any atom is 0.269 e. The summed E-state index contributed by atoms with van der Waals surface area (Å²) in [6.45, 7) is 5.86. The summed E-state index contributed by atoms with van der Waals surface area (Å²) in [5, 5.41) is 13.6. The summed E-state index contributed by atoms with van der Waals surface area (Å²) < 4.78 is 5.58. The van der Waals surface area contributed by atoms with Crippen LogP contribution in [0, 0.1) is 10.1 Å². The first-order valence-corrected chi connectivity index (χ1v) is 8.23. The van der Waals surface area contributed by atoms with Crippen LogP contribution >= 0.6 is 0 Å². The number of hydrogen-bond donors (Lipinski definition) is 1. The molecule has 0 aliphatic carbocycles. The van der Waals surface area contributed by atoms with E-state index in [0.717, 1.165) is 17.7 Å². The molecule has 0 heterocycles. The molecule has 132 valence electrons. The van der Waals surface area contributed by atoms with Gasteiger partial charge in [-0.25, -0.2) is 0 Å². The molecule has 6 heteroatoms. The van der Waals surface area contributed by atoms with Crippen molar-refractivity contribution >= 4 is 17.3 Å². The molecule has 0 saturated heterocycles. The third kappa shape index (κ3) is 4.79. The Labute approximate surface area is 147 Å². The minimum Gasteiger partial charge on any atom is -0.481 e. The molecule has 2 aromatic rings. The number of benzene rings is 2. The van der Waals surface area contributed by atoms with E-state index >= 15 is 0 Å². The molecule has 0 spiro atoms. The minimum atomic E-state index is -0.730. The first-order chi connectivity index (χ1) is 11.9. The molecule has 25 heavy (non-hydrogen) atoms. The first-order valence-electron chi connectivity index (χ1n) is 8.23. The zero-order valence-electron chi connectivity index (χ0n) is 14.6. The van der Waals surface area contributed by atoms with E-state index in [1.165, 1.54) is 24.3 Å². The number of hydrogen-bond acceptors (Lipinski definition) is 4. The van der Waals surface area contributed by atoms with Crippen LogP contribution in [-0.2, 0) is 4.79 Å². The Balaban J connectivity index is 2.04. The van der Waals surface area contributed by atoms with Crippen molar-refractivity contribution in [3.63, 3.8) is 0 Å². The first kappa shape index (κ1) is 18.4. The van der Waals surface area contributed by atoms with E-state index in [-0.39, 0.29) is 11.6 Å². The van der Waals surface area contributed by atoms with Gasteiger partial charge in [0.25, 0.3) is 11.6 Å². The molecule has 0 aliphatic heterocycles. The third-order valence-corrected chi connectivity index (χ3v) is 4.09. The molecule has 6 nitrogen and oxygen atoms in total. The third-order valence-electron chi connectivity index (χ3n) is 4.09. The minimum absolute atomic E-state index is 0.0214. The molecule has 0 bridgehead atoms. The quantitative estimate of drug-likeness (QED) is 0.593. The number of nitrogens with zero attached hydrogens (tertiary/aromatic N) is 1. The Hall–Kier alpha value is -2.89. The van der Waals surface area contributed by atoms with Gasteiger partial charge in [0, 0.05) is 17.8 Å². The predicted molar refractivity (Wildman–Crippen MR) is 97.0 cm³/mol. The molecule has 0 aliphatic rings. The summed E-state index contributed by atoms with van der Waals surface area (Å²) in [4.78, 5) is 22.6. The van der Waals surface area contributed by atoms with Crippen LogP contribution in [0.25, 0.3) is 0 Å². The number of carbonyl (C=O) groups excluding carboxylic acids is 1. The SMILES string of the molecule is CC[C@@H](C)c1ccccc1NC(=O)[C@H](C)Oc1ccc([N+](=O)[O-])cc1. The smallest absolute Gasteiger partial charge is 0.269 e. The predicted octanol–water partition coefficient (Wildman–Crippen LogP) is 4.51. The second kappa shape index (κ2) is 8.28. The zero-order valence-corrected chi connectivity index (χ0v) is 14.6. The molecule has 2 rings (SSSR count). The lowest BCUT2D eigenvalue weighted by molar-refractivity contribution is -0.384. The van der Waals surface area contributed by atoms with Crippen molar-refractivity contribution in [1.29, 1.82) is 0 Å².